The number of ether oxygens (including phenoxy) is 2. The van der Waals surface area contributed by atoms with E-state index in [2.05, 4.69) is 53.4 Å². The van der Waals surface area contributed by atoms with E-state index in [1.165, 1.54) is 11.1 Å². The van der Waals surface area contributed by atoms with Crippen molar-refractivity contribution in [3.63, 3.8) is 0 Å². The fraction of sp³-hybridized carbons (Fsp3) is 0.417. The third-order valence-corrected chi connectivity index (χ3v) is 6.08. The Balaban J connectivity index is 1.50. The molecule has 1 saturated heterocycles. The number of pyridine rings is 1. The van der Waals surface area contributed by atoms with Crippen LogP contribution >= 0.6 is 0 Å². The molecule has 31 heavy (non-hydrogen) atoms. The fourth-order valence-corrected chi connectivity index (χ4v) is 4.30. The summed E-state index contributed by atoms with van der Waals surface area (Å²) in [5.74, 6) is 0. The second-order valence-corrected chi connectivity index (χ2v) is 8.25. The van der Waals surface area contributed by atoms with Crippen molar-refractivity contribution in [1.29, 1.82) is 0 Å². The Hall–Kier alpha value is -3.06. The number of nitrogens with zero attached hydrogens (tertiary/aromatic N) is 4. The molecule has 1 unspecified atom stereocenters. The predicted molar refractivity (Wildman–Crippen MR) is 120 cm³/mol. The number of nitrogens with one attached hydrogen (secondary N) is 1. The van der Waals surface area contributed by atoms with Gasteiger partial charge in [-0.25, -0.2) is 9.67 Å². The molecule has 0 radical (unpaired) electrons. The van der Waals surface area contributed by atoms with Crippen LogP contribution in [0, 0.1) is 6.92 Å². The SMILES string of the molecule is CCn1ncc2c(NC3CCOCC3)c(C3OC=CN3Cc3ccc(C)cc3)cnc21. The zero-order valence-corrected chi connectivity index (χ0v) is 18.1. The molecule has 0 saturated carbocycles. The number of benzene rings is 1. The molecule has 7 heteroatoms. The molecule has 0 spiro atoms. The van der Waals surface area contributed by atoms with Crippen molar-refractivity contribution in [3.05, 3.63) is 65.8 Å². The second-order valence-electron chi connectivity index (χ2n) is 8.25. The van der Waals surface area contributed by atoms with E-state index in [9.17, 15) is 0 Å². The first-order valence-corrected chi connectivity index (χ1v) is 11.0. The first kappa shape index (κ1) is 19.9. The van der Waals surface area contributed by atoms with Gasteiger partial charge in [0.15, 0.2) is 5.65 Å². The number of fused-ring (bicyclic) bond motifs is 1. The molecule has 5 rings (SSSR count). The number of aromatic nitrogens is 3. The summed E-state index contributed by atoms with van der Waals surface area (Å²) in [4.78, 5) is 6.98. The van der Waals surface area contributed by atoms with Crippen LogP contribution in [0.15, 0.2) is 49.1 Å². The topological polar surface area (TPSA) is 64.4 Å². The van der Waals surface area contributed by atoms with Crippen LogP contribution in [0.1, 0.15) is 42.7 Å². The van der Waals surface area contributed by atoms with Crippen LogP contribution in [-0.2, 0) is 22.6 Å². The predicted octanol–water partition coefficient (Wildman–Crippen LogP) is 4.35. The number of rotatable bonds is 6. The van der Waals surface area contributed by atoms with Gasteiger partial charge in [0, 0.05) is 44.7 Å². The normalized spacial score (nSPS) is 19.2. The minimum absolute atomic E-state index is 0.231. The van der Waals surface area contributed by atoms with Crippen LogP contribution in [0.2, 0.25) is 0 Å². The van der Waals surface area contributed by atoms with E-state index >= 15 is 0 Å². The molecule has 1 aromatic carbocycles. The zero-order chi connectivity index (χ0) is 21.2. The van der Waals surface area contributed by atoms with Gasteiger partial charge in [0.05, 0.1) is 22.8 Å². The molecule has 2 aliphatic rings. The number of hydrogen-bond acceptors (Lipinski definition) is 6. The standard InChI is InChI=1S/C24H29N5O2/c1-3-29-23-20(15-26-29)22(27-19-8-11-30-12-9-19)21(14-25-23)24-28(10-13-31-24)16-18-6-4-17(2)5-7-18/h4-7,10,13-15,19,24H,3,8-9,11-12,16H2,1-2H3,(H,25,27). The Morgan fingerprint density at radius 2 is 1.94 bits per heavy atom. The van der Waals surface area contributed by atoms with E-state index in [0.717, 1.165) is 61.4 Å². The first-order valence-electron chi connectivity index (χ1n) is 11.0. The summed E-state index contributed by atoms with van der Waals surface area (Å²) in [7, 11) is 0. The highest BCUT2D eigenvalue weighted by Gasteiger charge is 2.29. The minimum atomic E-state index is -0.231. The third kappa shape index (κ3) is 3.97. The molecule has 2 aromatic heterocycles. The van der Waals surface area contributed by atoms with E-state index in [4.69, 9.17) is 14.5 Å². The maximum atomic E-state index is 6.07. The lowest BCUT2D eigenvalue weighted by Gasteiger charge is -2.29. The quantitative estimate of drug-likeness (QED) is 0.641. The number of hydrogen-bond donors (Lipinski definition) is 1. The van der Waals surface area contributed by atoms with Gasteiger partial charge in [-0.3, -0.25) is 0 Å². The highest BCUT2D eigenvalue weighted by Crippen LogP contribution is 2.38. The highest BCUT2D eigenvalue weighted by atomic mass is 16.5. The van der Waals surface area contributed by atoms with Gasteiger partial charge in [-0.1, -0.05) is 29.8 Å². The van der Waals surface area contributed by atoms with Crippen molar-refractivity contribution in [1.82, 2.24) is 19.7 Å². The Kier molecular flexibility index (Phi) is 5.51. The molecule has 162 valence electrons. The summed E-state index contributed by atoms with van der Waals surface area (Å²) in [6, 6.07) is 9.01. The Morgan fingerprint density at radius 1 is 1.13 bits per heavy atom. The molecule has 1 N–H and O–H groups in total. The average molecular weight is 420 g/mol. The lowest BCUT2D eigenvalue weighted by molar-refractivity contribution is 0.0525. The van der Waals surface area contributed by atoms with Crippen LogP contribution < -0.4 is 5.32 Å². The van der Waals surface area contributed by atoms with Crippen molar-refractivity contribution in [2.24, 2.45) is 0 Å². The molecule has 0 bridgehead atoms. The van der Waals surface area contributed by atoms with Gasteiger partial charge in [0.1, 0.15) is 6.26 Å². The maximum absolute atomic E-state index is 6.07. The van der Waals surface area contributed by atoms with Crippen molar-refractivity contribution < 1.29 is 9.47 Å². The highest BCUT2D eigenvalue weighted by molar-refractivity contribution is 5.91. The van der Waals surface area contributed by atoms with Gasteiger partial charge < -0.3 is 19.7 Å². The van der Waals surface area contributed by atoms with Crippen molar-refractivity contribution in [2.45, 2.75) is 52.0 Å². The zero-order valence-electron chi connectivity index (χ0n) is 18.1. The van der Waals surface area contributed by atoms with Gasteiger partial charge >= 0.3 is 0 Å². The van der Waals surface area contributed by atoms with E-state index in [0.29, 0.717) is 6.04 Å². The summed E-state index contributed by atoms with van der Waals surface area (Å²) in [6.07, 6.45) is 9.40. The molecule has 2 aliphatic heterocycles. The average Bonchev–Trinajstić information content (AvgIpc) is 3.43. The molecule has 0 aliphatic carbocycles. The van der Waals surface area contributed by atoms with Crippen LogP contribution in [-0.4, -0.2) is 38.9 Å². The van der Waals surface area contributed by atoms with Gasteiger partial charge in [-0.15, -0.1) is 0 Å². The van der Waals surface area contributed by atoms with Crippen LogP contribution in [0.25, 0.3) is 11.0 Å². The molecular formula is C24H29N5O2. The molecule has 4 heterocycles. The van der Waals surface area contributed by atoms with Crippen molar-refractivity contribution in [2.75, 3.05) is 18.5 Å². The van der Waals surface area contributed by atoms with E-state index in [-0.39, 0.29) is 6.23 Å². The molecule has 1 atom stereocenters. The van der Waals surface area contributed by atoms with Gasteiger partial charge in [0.2, 0.25) is 6.23 Å². The summed E-state index contributed by atoms with van der Waals surface area (Å²) < 4.78 is 13.6. The summed E-state index contributed by atoms with van der Waals surface area (Å²) >= 11 is 0. The van der Waals surface area contributed by atoms with Gasteiger partial charge in [-0.05, 0) is 32.3 Å². The Labute approximate surface area is 182 Å². The summed E-state index contributed by atoms with van der Waals surface area (Å²) in [5, 5.41) is 9.38. The molecule has 0 amide bonds. The largest absolute Gasteiger partial charge is 0.472 e. The fourth-order valence-electron chi connectivity index (χ4n) is 4.30. The summed E-state index contributed by atoms with van der Waals surface area (Å²) in [6.45, 7) is 7.32. The smallest absolute Gasteiger partial charge is 0.201 e. The molecule has 3 aromatic rings. The first-order chi connectivity index (χ1) is 15.2. The van der Waals surface area contributed by atoms with E-state index in [1.807, 2.05) is 23.3 Å². The number of anilines is 1. The van der Waals surface area contributed by atoms with Crippen molar-refractivity contribution in [3.8, 4) is 0 Å². The van der Waals surface area contributed by atoms with Gasteiger partial charge in [-0.2, -0.15) is 5.10 Å². The van der Waals surface area contributed by atoms with E-state index in [1.54, 1.807) is 6.26 Å². The number of aryl methyl sites for hydroxylation is 2. The molecule has 7 nitrogen and oxygen atoms in total. The third-order valence-electron chi connectivity index (χ3n) is 6.08. The van der Waals surface area contributed by atoms with E-state index < -0.39 is 0 Å². The van der Waals surface area contributed by atoms with Crippen LogP contribution in [0.5, 0.6) is 0 Å². The van der Waals surface area contributed by atoms with Crippen LogP contribution in [0.4, 0.5) is 5.69 Å². The lowest BCUT2D eigenvalue weighted by atomic mass is 10.1. The molecular weight excluding hydrogens is 390 g/mol. The van der Waals surface area contributed by atoms with Crippen LogP contribution in [0.3, 0.4) is 0 Å². The molecule has 1 fully saturated rings. The van der Waals surface area contributed by atoms with Gasteiger partial charge in [0.25, 0.3) is 0 Å². The Morgan fingerprint density at radius 3 is 2.71 bits per heavy atom. The van der Waals surface area contributed by atoms with Crippen molar-refractivity contribution >= 4 is 16.7 Å². The lowest BCUT2D eigenvalue weighted by Crippen LogP contribution is -2.29. The summed E-state index contributed by atoms with van der Waals surface area (Å²) in [5.41, 5.74) is 5.51. The Bertz CT molecular complexity index is 1070. The minimum Gasteiger partial charge on any atom is -0.472 e. The maximum Gasteiger partial charge on any atom is 0.201 e. The second kappa shape index (κ2) is 8.59. The monoisotopic (exact) mass is 419 g/mol.